The van der Waals surface area contributed by atoms with Crippen LogP contribution in [0.4, 0.5) is 11.8 Å². The van der Waals surface area contributed by atoms with Gasteiger partial charge in [0.15, 0.2) is 0 Å². The third-order valence-corrected chi connectivity index (χ3v) is 3.11. The first-order valence-corrected chi connectivity index (χ1v) is 5.80. The molecule has 1 saturated heterocycles. The van der Waals surface area contributed by atoms with Gasteiger partial charge in [0, 0.05) is 26.2 Å². The summed E-state index contributed by atoms with van der Waals surface area (Å²) in [7, 11) is 2.06. The highest BCUT2D eigenvalue weighted by Gasteiger charge is 2.21. The molecule has 98 valence electrons. The third-order valence-electron chi connectivity index (χ3n) is 3.11. The van der Waals surface area contributed by atoms with Gasteiger partial charge in [-0.15, -0.1) is 0 Å². The van der Waals surface area contributed by atoms with E-state index in [4.69, 9.17) is 10.8 Å². The first-order valence-electron chi connectivity index (χ1n) is 5.80. The molecule has 1 aromatic heterocycles. The number of hydrogen-bond acceptors (Lipinski definition) is 6. The number of nitrogens with two attached hydrogens (primary N) is 1. The Morgan fingerprint density at radius 1 is 1.28 bits per heavy atom. The number of aryl methyl sites for hydroxylation is 1. The molecule has 18 heavy (non-hydrogen) atoms. The Morgan fingerprint density at radius 3 is 2.39 bits per heavy atom. The molecule has 0 saturated carbocycles. The van der Waals surface area contributed by atoms with Crippen molar-refractivity contribution in [2.24, 2.45) is 0 Å². The Morgan fingerprint density at radius 2 is 1.89 bits per heavy atom. The lowest BCUT2D eigenvalue weighted by Gasteiger charge is -2.32. The zero-order valence-corrected chi connectivity index (χ0v) is 10.6. The first-order chi connectivity index (χ1) is 8.49. The van der Waals surface area contributed by atoms with E-state index in [-0.39, 0.29) is 11.4 Å². The highest BCUT2D eigenvalue weighted by Crippen LogP contribution is 2.18. The maximum absolute atomic E-state index is 11.0. The van der Waals surface area contributed by atoms with E-state index >= 15 is 0 Å². The van der Waals surface area contributed by atoms with Gasteiger partial charge in [0.2, 0.25) is 5.95 Å². The maximum Gasteiger partial charge on any atom is 0.341 e. The summed E-state index contributed by atoms with van der Waals surface area (Å²) < 4.78 is 0. The number of rotatable bonds is 2. The molecule has 7 heteroatoms. The molecule has 7 nitrogen and oxygen atoms in total. The molecule has 2 heterocycles. The molecule has 0 unspecified atom stereocenters. The number of carboxylic acid groups (broad SMARTS) is 1. The number of aromatic nitrogens is 2. The molecule has 3 N–H and O–H groups in total. The molecular formula is C11H17N5O2. The number of anilines is 2. The average Bonchev–Trinajstić information content (AvgIpc) is 2.28. The van der Waals surface area contributed by atoms with E-state index in [0.717, 1.165) is 26.2 Å². The van der Waals surface area contributed by atoms with Crippen LogP contribution in [0.3, 0.4) is 0 Å². The van der Waals surface area contributed by atoms with E-state index in [2.05, 4.69) is 21.9 Å². The molecule has 1 aliphatic heterocycles. The second-order valence-corrected chi connectivity index (χ2v) is 4.46. The molecule has 1 aromatic rings. The minimum atomic E-state index is -1.09. The topological polar surface area (TPSA) is 95.6 Å². The number of nitrogen functional groups attached to an aromatic ring is 1. The minimum absolute atomic E-state index is 0.00659. The Hall–Kier alpha value is -1.89. The van der Waals surface area contributed by atoms with Crippen LogP contribution in [0, 0.1) is 6.92 Å². The van der Waals surface area contributed by atoms with Gasteiger partial charge in [0.1, 0.15) is 11.4 Å². The van der Waals surface area contributed by atoms with E-state index < -0.39 is 5.97 Å². The number of nitrogens with zero attached hydrogens (tertiary/aromatic N) is 4. The van der Waals surface area contributed by atoms with Gasteiger partial charge in [0.25, 0.3) is 0 Å². The van der Waals surface area contributed by atoms with E-state index in [1.807, 2.05) is 4.90 Å². The van der Waals surface area contributed by atoms with Gasteiger partial charge >= 0.3 is 5.97 Å². The largest absolute Gasteiger partial charge is 0.477 e. The van der Waals surface area contributed by atoms with Gasteiger partial charge in [-0.3, -0.25) is 0 Å². The Labute approximate surface area is 105 Å². The molecule has 0 amide bonds. The summed E-state index contributed by atoms with van der Waals surface area (Å²) in [5, 5.41) is 9.00. The van der Waals surface area contributed by atoms with Crippen molar-refractivity contribution < 1.29 is 9.90 Å². The number of carboxylic acids is 1. The number of piperazine rings is 1. The summed E-state index contributed by atoms with van der Waals surface area (Å²) in [6.45, 7) is 5.15. The van der Waals surface area contributed by atoms with Crippen molar-refractivity contribution >= 4 is 17.7 Å². The number of aromatic carboxylic acids is 1. The standard InChI is InChI=1S/C11H17N5O2/c1-7-8(10(17)18)9(12)14-11(13-7)16-5-3-15(2)4-6-16/h3-6H2,1-2H3,(H,17,18)(H2,12,13,14). The second kappa shape index (κ2) is 4.77. The molecule has 0 atom stereocenters. The summed E-state index contributed by atoms with van der Waals surface area (Å²) >= 11 is 0. The number of carbonyl (C=O) groups is 1. The van der Waals surface area contributed by atoms with E-state index in [1.165, 1.54) is 0 Å². The van der Waals surface area contributed by atoms with E-state index in [1.54, 1.807) is 6.92 Å². The second-order valence-electron chi connectivity index (χ2n) is 4.46. The van der Waals surface area contributed by atoms with Crippen LogP contribution in [-0.4, -0.2) is 59.2 Å². The van der Waals surface area contributed by atoms with Crippen LogP contribution in [0.1, 0.15) is 16.1 Å². The Balaban J connectivity index is 2.28. The molecule has 1 aliphatic rings. The summed E-state index contributed by atoms with van der Waals surface area (Å²) in [6.07, 6.45) is 0. The van der Waals surface area contributed by atoms with Crippen LogP contribution >= 0.6 is 0 Å². The molecule has 0 spiro atoms. The molecule has 0 radical (unpaired) electrons. The molecule has 0 aliphatic carbocycles. The summed E-state index contributed by atoms with van der Waals surface area (Å²) in [5.74, 6) is -0.540. The van der Waals surface area contributed by atoms with Gasteiger partial charge in [0.05, 0.1) is 5.69 Å². The molecular weight excluding hydrogens is 234 g/mol. The van der Waals surface area contributed by atoms with Crippen molar-refractivity contribution in [3.8, 4) is 0 Å². The van der Waals surface area contributed by atoms with Crippen molar-refractivity contribution in [3.63, 3.8) is 0 Å². The summed E-state index contributed by atoms with van der Waals surface area (Å²) in [5.41, 5.74) is 6.09. The third kappa shape index (κ3) is 2.35. The zero-order valence-electron chi connectivity index (χ0n) is 10.6. The quantitative estimate of drug-likeness (QED) is 0.752. The fraction of sp³-hybridized carbons (Fsp3) is 0.545. The van der Waals surface area contributed by atoms with Crippen molar-refractivity contribution in [2.45, 2.75) is 6.92 Å². The van der Waals surface area contributed by atoms with Gasteiger partial charge < -0.3 is 20.6 Å². The van der Waals surface area contributed by atoms with Crippen LogP contribution in [0.2, 0.25) is 0 Å². The lowest BCUT2D eigenvalue weighted by Crippen LogP contribution is -2.45. The van der Waals surface area contributed by atoms with Crippen molar-refractivity contribution in [1.29, 1.82) is 0 Å². The fourth-order valence-electron chi connectivity index (χ4n) is 1.99. The molecule has 0 aromatic carbocycles. The lowest BCUT2D eigenvalue weighted by atomic mass is 10.2. The highest BCUT2D eigenvalue weighted by molar-refractivity contribution is 5.93. The predicted octanol–water partition coefficient (Wildman–Crippen LogP) is -0.183. The zero-order chi connectivity index (χ0) is 13.3. The normalized spacial score (nSPS) is 16.9. The first kappa shape index (κ1) is 12.6. The van der Waals surface area contributed by atoms with Crippen molar-refractivity contribution in [2.75, 3.05) is 43.9 Å². The van der Waals surface area contributed by atoms with E-state index in [9.17, 15) is 4.79 Å². The van der Waals surface area contributed by atoms with Gasteiger partial charge in [-0.05, 0) is 14.0 Å². The van der Waals surface area contributed by atoms with Crippen LogP contribution in [0.25, 0.3) is 0 Å². The molecule has 2 rings (SSSR count). The highest BCUT2D eigenvalue weighted by atomic mass is 16.4. The van der Waals surface area contributed by atoms with Crippen molar-refractivity contribution in [1.82, 2.24) is 14.9 Å². The van der Waals surface area contributed by atoms with Gasteiger partial charge in [-0.25, -0.2) is 9.78 Å². The van der Waals surface area contributed by atoms with Gasteiger partial charge in [-0.1, -0.05) is 0 Å². The van der Waals surface area contributed by atoms with Crippen LogP contribution in [0.5, 0.6) is 0 Å². The minimum Gasteiger partial charge on any atom is -0.477 e. The predicted molar refractivity (Wildman–Crippen MR) is 67.9 cm³/mol. The monoisotopic (exact) mass is 251 g/mol. The number of likely N-dealkylation sites (N-methyl/N-ethyl adjacent to an activating group) is 1. The summed E-state index contributed by atoms with van der Waals surface area (Å²) in [4.78, 5) is 23.6. The van der Waals surface area contributed by atoms with Crippen LogP contribution < -0.4 is 10.6 Å². The Kier molecular flexibility index (Phi) is 3.33. The van der Waals surface area contributed by atoms with Gasteiger partial charge in [-0.2, -0.15) is 4.98 Å². The Bertz CT molecular complexity index is 445. The molecule has 0 bridgehead atoms. The fourth-order valence-corrected chi connectivity index (χ4v) is 1.99. The summed E-state index contributed by atoms with van der Waals surface area (Å²) in [6, 6.07) is 0. The maximum atomic E-state index is 11.0. The molecule has 1 fully saturated rings. The smallest absolute Gasteiger partial charge is 0.341 e. The van der Waals surface area contributed by atoms with Crippen LogP contribution in [-0.2, 0) is 0 Å². The van der Waals surface area contributed by atoms with Crippen LogP contribution in [0.15, 0.2) is 0 Å². The van der Waals surface area contributed by atoms with E-state index in [0.29, 0.717) is 11.6 Å². The lowest BCUT2D eigenvalue weighted by molar-refractivity contribution is 0.0696. The SMILES string of the molecule is Cc1nc(N2CCN(C)CC2)nc(N)c1C(=O)O. The average molecular weight is 251 g/mol. The number of hydrogen-bond donors (Lipinski definition) is 2. The van der Waals surface area contributed by atoms with Crippen molar-refractivity contribution in [3.05, 3.63) is 11.3 Å².